The van der Waals surface area contributed by atoms with E-state index in [-0.39, 0.29) is 5.91 Å². The van der Waals surface area contributed by atoms with Crippen LogP contribution in [0, 0.1) is 0 Å². The van der Waals surface area contributed by atoms with Crippen LogP contribution in [0.4, 0.5) is 0 Å². The van der Waals surface area contributed by atoms with Gasteiger partial charge in [0.25, 0.3) is 0 Å². The molecule has 0 fully saturated rings. The molecule has 0 radical (unpaired) electrons. The summed E-state index contributed by atoms with van der Waals surface area (Å²) in [5, 5.41) is 14.3. The number of hydrogen-bond acceptors (Lipinski definition) is 5. The fourth-order valence-electron chi connectivity index (χ4n) is 3.11. The summed E-state index contributed by atoms with van der Waals surface area (Å²) in [4.78, 5) is 15.0. The topological polar surface area (TPSA) is 75.9 Å². The Hall–Kier alpha value is -3.06. The third-order valence-electron chi connectivity index (χ3n) is 4.57. The number of rotatable bonds is 10. The van der Waals surface area contributed by atoms with Crippen molar-refractivity contribution in [2.45, 2.75) is 25.4 Å². The lowest BCUT2D eigenvalue weighted by molar-refractivity contribution is -0.124. The molecule has 28 heavy (non-hydrogen) atoms. The molecule has 1 aromatic heterocycles. The average molecular weight is 378 g/mol. The van der Waals surface area contributed by atoms with Crippen LogP contribution in [0.3, 0.4) is 0 Å². The average Bonchev–Trinajstić information content (AvgIpc) is 3.25. The summed E-state index contributed by atoms with van der Waals surface area (Å²) in [6, 6.07) is 19.8. The van der Waals surface area contributed by atoms with Gasteiger partial charge in [-0.05, 0) is 41.6 Å². The molecule has 0 spiro atoms. The summed E-state index contributed by atoms with van der Waals surface area (Å²) in [6.07, 6.45) is 2.91. The lowest BCUT2D eigenvalue weighted by Gasteiger charge is -2.18. The van der Waals surface area contributed by atoms with Crippen molar-refractivity contribution in [1.29, 1.82) is 0 Å². The minimum Gasteiger partial charge on any atom is -0.354 e. The van der Waals surface area contributed by atoms with Crippen LogP contribution in [0.25, 0.3) is 0 Å². The van der Waals surface area contributed by atoms with E-state index in [4.69, 9.17) is 0 Å². The molecular weight excluding hydrogens is 352 g/mol. The number of carbonyl (C=O) groups excluding carboxylic acids is 1. The molecule has 7 heteroatoms. The highest BCUT2D eigenvalue weighted by atomic mass is 16.2. The van der Waals surface area contributed by atoms with Crippen molar-refractivity contribution in [2.24, 2.45) is 0 Å². The van der Waals surface area contributed by atoms with Crippen molar-refractivity contribution in [2.75, 3.05) is 20.1 Å². The Bertz CT molecular complexity index is 823. The van der Waals surface area contributed by atoms with E-state index in [2.05, 4.69) is 57.1 Å². The lowest BCUT2D eigenvalue weighted by atomic mass is 10.1. The van der Waals surface area contributed by atoms with Crippen molar-refractivity contribution in [3.8, 4) is 0 Å². The fraction of sp³-hybridized carbons (Fsp3) is 0.333. The number of aromatic nitrogens is 4. The van der Waals surface area contributed by atoms with Gasteiger partial charge in [0.05, 0.1) is 0 Å². The second-order valence-corrected chi connectivity index (χ2v) is 6.86. The molecule has 0 saturated carbocycles. The zero-order valence-corrected chi connectivity index (χ0v) is 16.1. The number of amides is 1. The second-order valence-electron chi connectivity index (χ2n) is 6.86. The van der Waals surface area contributed by atoms with Crippen LogP contribution in [-0.4, -0.2) is 51.2 Å². The maximum Gasteiger partial charge on any atom is 0.245 e. The quantitative estimate of drug-likeness (QED) is 0.547. The van der Waals surface area contributed by atoms with E-state index in [1.54, 1.807) is 0 Å². The highest BCUT2D eigenvalue weighted by Gasteiger charge is 2.21. The molecule has 146 valence electrons. The number of tetrazole rings is 1. The van der Waals surface area contributed by atoms with Gasteiger partial charge in [-0.1, -0.05) is 60.7 Å². The molecule has 7 nitrogen and oxygen atoms in total. The van der Waals surface area contributed by atoms with E-state index in [9.17, 15) is 4.79 Å². The molecule has 1 N–H and O–H groups in total. The van der Waals surface area contributed by atoms with Crippen LogP contribution in [0.2, 0.25) is 0 Å². The van der Waals surface area contributed by atoms with Gasteiger partial charge in [-0.3, -0.25) is 4.79 Å². The molecule has 0 saturated heterocycles. The van der Waals surface area contributed by atoms with Gasteiger partial charge in [-0.2, -0.15) is 0 Å². The minimum absolute atomic E-state index is 0.0677. The van der Waals surface area contributed by atoms with Gasteiger partial charge in [0.2, 0.25) is 5.91 Å². The summed E-state index contributed by atoms with van der Waals surface area (Å²) in [7, 11) is 2.09. The molecule has 0 aliphatic carbocycles. The number of nitrogens with one attached hydrogen (secondary N) is 1. The first-order chi connectivity index (χ1) is 13.7. The van der Waals surface area contributed by atoms with Gasteiger partial charge >= 0.3 is 0 Å². The van der Waals surface area contributed by atoms with Crippen molar-refractivity contribution >= 4 is 5.91 Å². The Morgan fingerprint density at radius 2 is 1.75 bits per heavy atom. The van der Waals surface area contributed by atoms with Gasteiger partial charge in [-0.25, -0.2) is 4.68 Å². The van der Waals surface area contributed by atoms with Crippen LogP contribution in [-0.2, 0) is 17.8 Å². The Labute approximate surface area is 165 Å². The third kappa shape index (κ3) is 5.99. The summed E-state index contributed by atoms with van der Waals surface area (Å²) < 4.78 is 1.52. The summed E-state index contributed by atoms with van der Waals surface area (Å²) >= 11 is 0. The van der Waals surface area contributed by atoms with E-state index in [0.29, 0.717) is 13.0 Å². The van der Waals surface area contributed by atoms with Gasteiger partial charge in [0.15, 0.2) is 0 Å². The van der Waals surface area contributed by atoms with Crippen LogP contribution in [0.1, 0.15) is 23.6 Å². The van der Waals surface area contributed by atoms with E-state index in [0.717, 1.165) is 25.1 Å². The number of benzene rings is 2. The van der Waals surface area contributed by atoms with Crippen molar-refractivity contribution in [3.05, 3.63) is 78.1 Å². The molecule has 3 aromatic rings. The van der Waals surface area contributed by atoms with Gasteiger partial charge < -0.3 is 10.2 Å². The van der Waals surface area contributed by atoms with E-state index in [1.807, 2.05) is 36.4 Å². The predicted molar refractivity (Wildman–Crippen MR) is 107 cm³/mol. The Morgan fingerprint density at radius 1 is 1.07 bits per heavy atom. The SMILES string of the molecule is CN(CCCNC(=O)C(Cc1ccccc1)n1cnnn1)Cc1ccccc1. The Kier molecular flexibility index (Phi) is 7.26. The van der Waals surface area contributed by atoms with Gasteiger partial charge in [-0.15, -0.1) is 5.10 Å². The van der Waals surface area contributed by atoms with Crippen molar-refractivity contribution in [1.82, 2.24) is 30.4 Å². The second kappa shape index (κ2) is 10.3. The highest BCUT2D eigenvalue weighted by molar-refractivity contribution is 5.80. The molecule has 3 rings (SSSR count). The molecule has 1 heterocycles. The third-order valence-corrected chi connectivity index (χ3v) is 4.57. The van der Waals surface area contributed by atoms with E-state index >= 15 is 0 Å². The predicted octanol–water partition coefficient (Wildman–Crippen LogP) is 2.10. The maximum absolute atomic E-state index is 12.7. The molecule has 1 amide bonds. The van der Waals surface area contributed by atoms with Crippen LogP contribution in [0.15, 0.2) is 67.0 Å². The van der Waals surface area contributed by atoms with Gasteiger partial charge in [0.1, 0.15) is 12.4 Å². The largest absolute Gasteiger partial charge is 0.354 e. The Morgan fingerprint density at radius 3 is 2.39 bits per heavy atom. The fourth-order valence-corrected chi connectivity index (χ4v) is 3.11. The molecule has 0 aliphatic rings. The summed E-state index contributed by atoms with van der Waals surface area (Å²) in [6.45, 7) is 2.42. The zero-order chi connectivity index (χ0) is 19.6. The van der Waals surface area contributed by atoms with Crippen LogP contribution in [0.5, 0.6) is 0 Å². The molecule has 1 atom stereocenters. The molecular formula is C21H26N6O. The first-order valence-electron chi connectivity index (χ1n) is 9.49. The zero-order valence-electron chi connectivity index (χ0n) is 16.1. The van der Waals surface area contributed by atoms with Crippen molar-refractivity contribution < 1.29 is 4.79 Å². The molecule has 0 bridgehead atoms. The normalized spacial score (nSPS) is 12.1. The molecule has 2 aromatic carbocycles. The number of nitrogens with zero attached hydrogens (tertiary/aromatic N) is 5. The monoisotopic (exact) mass is 378 g/mol. The maximum atomic E-state index is 12.7. The molecule has 0 aliphatic heterocycles. The standard InChI is InChI=1S/C21H26N6O/c1-26(16-19-11-6-3-7-12-19)14-8-13-22-21(28)20(27-17-23-24-25-27)15-18-9-4-2-5-10-18/h2-7,9-12,17,20H,8,13-16H2,1H3,(H,22,28). The number of hydrogen-bond donors (Lipinski definition) is 1. The Balaban J connectivity index is 1.47. The van der Waals surface area contributed by atoms with Gasteiger partial charge in [0, 0.05) is 19.5 Å². The van der Waals surface area contributed by atoms with Crippen LogP contribution < -0.4 is 5.32 Å². The first-order valence-corrected chi connectivity index (χ1v) is 9.49. The number of carbonyl (C=O) groups is 1. The lowest BCUT2D eigenvalue weighted by Crippen LogP contribution is -2.35. The highest BCUT2D eigenvalue weighted by Crippen LogP contribution is 2.13. The molecule has 1 unspecified atom stereocenters. The van der Waals surface area contributed by atoms with E-state index in [1.165, 1.54) is 16.6 Å². The smallest absolute Gasteiger partial charge is 0.245 e. The first kappa shape index (κ1) is 19.7. The summed E-state index contributed by atoms with van der Waals surface area (Å²) in [5.41, 5.74) is 2.36. The minimum atomic E-state index is -0.459. The van der Waals surface area contributed by atoms with E-state index < -0.39 is 6.04 Å². The van der Waals surface area contributed by atoms with Crippen molar-refractivity contribution in [3.63, 3.8) is 0 Å². The summed E-state index contributed by atoms with van der Waals surface area (Å²) in [5.74, 6) is -0.0677. The van der Waals surface area contributed by atoms with Crippen LogP contribution >= 0.6 is 0 Å².